The van der Waals surface area contributed by atoms with E-state index < -0.39 is 40.2 Å². The first-order chi connectivity index (χ1) is 14.7. The average molecular weight is 434 g/mol. The minimum atomic E-state index is -1.10. The number of fused-ring (bicyclic) bond motifs is 1. The lowest BCUT2D eigenvalue weighted by molar-refractivity contribution is 0.0405. The molecule has 15 nitrogen and oxygen atoms in total. The molecule has 5 N–H and O–H groups in total. The molecule has 0 aliphatic carbocycles. The van der Waals surface area contributed by atoms with Crippen LogP contribution in [0.5, 0.6) is 5.88 Å². The summed E-state index contributed by atoms with van der Waals surface area (Å²) in [5.74, 6) is -1.09. The first-order valence-electron chi connectivity index (χ1n) is 8.76. The molecule has 0 unspecified atom stereocenters. The third-order valence-electron chi connectivity index (χ3n) is 4.06. The fraction of sp³-hybridized carbons (Fsp3) is 0.312. The van der Waals surface area contributed by atoms with Crippen molar-refractivity contribution >= 4 is 22.8 Å². The number of aromatic amines is 3. The molecule has 1 atom stereocenters. The molecule has 0 aliphatic heterocycles. The number of aromatic hydroxyl groups is 1. The molecule has 0 aliphatic rings. The Balaban J connectivity index is 2.13. The van der Waals surface area contributed by atoms with Crippen LogP contribution in [0, 0.1) is 0 Å². The molecule has 0 radical (unpaired) electrons. The van der Waals surface area contributed by atoms with Crippen LogP contribution in [0.1, 0.15) is 0 Å². The summed E-state index contributed by atoms with van der Waals surface area (Å²) in [7, 11) is 1.36. The topological polar surface area (TPSA) is 213 Å². The minimum Gasteiger partial charge on any atom is -0.493 e. The zero-order valence-corrected chi connectivity index (χ0v) is 16.2. The highest BCUT2D eigenvalue weighted by Crippen LogP contribution is 2.23. The number of aliphatic hydroxyl groups is 1. The molecule has 0 saturated carbocycles. The standard InChI is InChI=1S/C16H18N8O7/c1-3-4-31-6-7(25)5-24-9-10(23(2)16(30)20-13(9)28)17-14(24)22-21-8-11(26)18-15(29)19-12(8)27/h3,7,25H,1,4-6H2,2H3,(H,20,28,30)(H3,18,19,26,27,29)/t7-/m0/s1. The van der Waals surface area contributed by atoms with Crippen molar-refractivity contribution in [3.05, 3.63) is 54.3 Å². The highest BCUT2D eigenvalue weighted by atomic mass is 16.5. The van der Waals surface area contributed by atoms with Crippen molar-refractivity contribution in [1.29, 1.82) is 0 Å². The Morgan fingerprint density at radius 3 is 2.61 bits per heavy atom. The van der Waals surface area contributed by atoms with Crippen molar-refractivity contribution in [2.45, 2.75) is 12.6 Å². The number of hydrogen-bond acceptors (Lipinski definition) is 10. The lowest BCUT2D eigenvalue weighted by atomic mass is 10.3. The van der Waals surface area contributed by atoms with Crippen LogP contribution in [-0.2, 0) is 18.3 Å². The number of aliphatic hydroxyl groups excluding tert-OH is 1. The Morgan fingerprint density at radius 1 is 1.19 bits per heavy atom. The van der Waals surface area contributed by atoms with Crippen molar-refractivity contribution in [2.75, 3.05) is 13.2 Å². The van der Waals surface area contributed by atoms with Gasteiger partial charge in [0.2, 0.25) is 11.6 Å². The second kappa shape index (κ2) is 8.72. The number of nitrogens with zero attached hydrogens (tertiary/aromatic N) is 5. The van der Waals surface area contributed by atoms with Crippen molar-refractivity contribution in [1.82, 2.24) is 29.1 Å². The molecule has 3 aromatic heterocycles. The monoisotopic (exact) mass is 434 g/mol. The first kappa shape index (κ1) is 21.6. The highest BCUT2D eigenvalue weighted by Gasteiger charge is 2.20. The van der Waals surface area contributed by atoms with Gasteiger partial charge >= 0.3 is 11.4 Å². The van der Waals surface area contributed by atoms with E-state index in [0.29, 0.717) is 0 Å². The van der Waals surface area contributed by atoms with Gasteiger partial charge in [0.05, 0.1) is 25.9 Å². The predicted molar refractivity (Wildman–Crippen MR) is 106 cm³/mol. The molecule has 3 aromatic rings. The normalized spacial score (nSPS) is 12.6. The Morgan fingerprint density at radius 2 is 1.94 bits per heavy atom. The Bertz CT molecular complexity index is 1390. The largest absolute Gasteiger partial charge is 0.493 e. The van der Waals surface area contributed by atoms with E-state index in [1.165, 1.54) is 17.7 Å². The predicted octanol–water partition coefficient (Wildman–Crippen LogP) is -1.52. The second-order valence-electron chi connectivity index (χ2n) is 6.30. The molecular weight excluding hydrogens is 416 g/mol. The summed E-state index contributed by atoms with van der Waals surface area (Å²) in [5.41, 5.74) is -4.23. The van der Waals surface area contributed by atoms with Crippen LogP contribution in [0.3, 0.4) is 0 Å². The number of azo groups is 1. The molecular formula is C16H18N8O7. The van der Waals surface area contributed by atoms with E-state index in [0.717, 1.165) is 4.57 Å². The summed E-state index contributed by atoms with van der Waals surface area (Å²) >= 11 is 0. The third-order valence-corrected chi connectivity index (χ3v) is 4.06. The quantitative estimate of drug-likeness (QED) is 0.159. The maximum atomic E-state index is 12.4. The third kappa shape index (κ3) is 4.41. The summed E-state index contributed by atoms with van der Waals surface area (Å²) in [6.07, 6.45) is 0.390. The molecule has 0 aromatic carbocycles. The van der Waals surface area contributed by atoms with Crippen molar-refractivity contribution in [3.63, 3.8) is 0 Å². The van der Waals surface area contributed by atoms with Gasteiger partial charge < -0.3 is 14.9 Å². The molecule has 0 amide bonds. The Labute approximate surface area is 171 Å². The second-order valence-corrected chi connectivity index (χ2v) is 6.30. The molecule has 3 heterocycles. The van der Waals surface area contributed by atoms with Crippen LogP contribution >= 0.6 is 0 Å². The number of nitrogens with one attached hydrogen (secondary N) is 3. The molecule has 0 spiro atoms. The number of aromatic nitrogens is 6. The molecule has 164 valence electrons. The lowest BCUT2D eigenvalue weighted by Crippen LogP contribution is -2.30. The molecule has 3 rings (SSSR count). The number of imidazole rings is 1. The van der Waals surface area contributed by atoms with E-state index in [1.807, 2.05) is 9.97 Å². The summed E-state index contributed by atoms with van der Waals surface area (Å²) in [6, 6.07) is 0. The summed E-state index contributed by atoms with van der Waals surface area (Å²) in [6.45, 7) is 3.36. The number of rotatable bonds is 8. The van der Waals surface area contributed by atoms with Crippen LogP contribution in [0.15, 0.2) is 42.1 Å². The van der Waals surface area contributed by atoms with Crippen molar-refractivity contribution in [3.8, 4) is 5.88 Å². The SMILES string of the molecule is C=CCOC[C@@H](O)Cn1c(N=Nc2c(O)[nH]c(=O)[nH]c2=O)nc2c1c(=O)[nH]c(=O)n2C. The van der Waals surface area contributed by atoms with Gasteiger partial charge in [-0.2, -0.15) is 4.98 Å². The maximum Gasteiger partial charge on any atom is 0.329 e. The van der Waals surface area contributed by atoms with Gasteiger partial charge in [-0.15, -0.1) is 16.8 Å². The Kier molecular flexibility index (Phi) is 6.07. The van der Waals surface area contributed by atoms with Gasteiger partial charge in [0.25, 0.3) is 17.1 Å². The van der Waals surface area contributed by atoms with Gasteiger partial charge in [-0.1, -0.05) is 6.08 Å². The summed E-state index contributed by atoms with van der Waals surface area (Å²) in [5, 5.41) is 27.3. The van der Waals surface area contributed by atoms with Crippen LogP contribution in [0.4, 0.5) is 11.6 Å². The van der Waals surface area contributed by atoms with Gasteiger partial charge in [-0.25, -0.2) is 9.59 Å². The number of H-pyrrole nitrogens is 3. The van der Waals surface area contributed by atoms with Gasteiger partial charge in [0.1, 0.15) is 0 Å². The van der Waals surface area contributed by atoms with E-state index in [9.17, 15) is 29.4 Å². The molecule has 0 saturated heterocycles. The fourth-order valence-electron chi connectivity index (χ4n) is 2.68. The van der Waals surface area contributed by atoms with Crippen LogP contribution in [0.25, 0.3) is 11.2 Å². The van der Waals surface area contributed by atoms with E-state index >= 15 is 0 Å². The first-order valence-corrected chi connectivity index (χ1v) is 8.76. The minimum absolute atomic E-state index is 0.0542. The average Bonchev–Trinajstić information content (AvgIpc) is 3.04. The van der Waals surface area contributed by atoms with Gasteiger partial charge in [0.15, 0.2) is 11.2 Å². The zero-order chi connectivity index (χ0) is 22.7. The van der Waals surface area contributed by atoms with Crippen molar-refractivity contribution < 1.29 is 14.9 Å². The van der Waals surface area contributed by atoms with Crippen LogP contribution in [-0.4, -0.2) is 58.6 Å². The van der Waals surface area contributed by atoms with E-state index in [-0.39, 0.29) is 36.9 Å². The van der Waals surface area contributed by atoms with E-state index in [4.69, 9.17) is 4.74 Å². The highest BCUT2D eigenvalue weighted by molar-refractivity contribution is 5.73. The van der Waals surface area contributed by atoms with E-state index in [2.05, 4.69) is 26.8 Å². The molecule has 31 heavy (non-hydrogen) atoms. The van der Waals surface area contributed by atoms with Gasteiger partial charge in [-0.3, -0.25) is 33.7 Å². The summed E-state index contributed by atoms with van der Waals surface area (Å²) < 4.78 is 7.41. The van der Waals surface area contributed by atoms with Gasteiger partial charge in [0, 0.05) is 7.05 Å². The van der Waals surface area contributed by atoms with Gasteiger partial charge in [-0.05, 0) is 0 Å². The Hall–Kier alpha value is -4.11. The van der Waals surface area contributed by atoms with E-state index in [1.54, 1.807) is 0 Å². The fourth-order valence-corrected chi connectivity index (χ4v) is 2.68. The van der Waals surface area contributed by atoms with Crippen LogP contribution in [0.2, 0.25) is 0 Å². The molecule has 0 bridgehead atoms. The lowest BCUT2D eigenvalue weighted by Gasteiger charge is -2.12. The number of aryl methyl sites for hydroxylation is 1. The number of hydrogen-bond donors (Lipinski definition) is 5. The van der Waals surface area contributed by atoms with Crippen molar-refractivity contribution in [2.24, 2.45) is 17.3 Å². The smallest absolute Gasteiger partial charge is 0.329 e. The number of ether oxygens (including phenoxy) is 1. The summed E-state index contributed by atoms with van der Waals surface area (Å²) in [4.78, 5) is 57.3. The molecule has 15 heteroatoms. The maximum absolute atomic E-state index is 12.4. The molecule has 0 fully saturated rings. The zero-order valence-electron chi connectivity index (χ0n) is 16.2. The van der Waals surface area contributed by atoms with Crippen LogP contribution < -0.4 is 22.5 Å².